The van der Waals surface area contributed by atoms with E-state index in [9.17, 15) is 13.5 Å². The number of anilines is 1. The zero-order valence-electron chi connectivity index (χ0n) is 15.2. The third-order valence-electron chi connectivity index (χ3n) is 5.05. The predicted octanol–water partition coefficient (Wildman–Crippen LogP) is 2.03. The van der Waals surface area contributed by atoms with Gasteiger partial charge in [-0.2, -0.15) is 9.40 Å². The number of aliphatic hydroxyl groups is 1. The summed E-state index contributed by atoms with van der Waals surface area (Å²) >= 11 is 0. The minimum absolute atomic E-state index is 0.125. The Hall–Kier alpha value is -1.90. The van der Waals surface area contributed by atoms with Crippen molar-refractivity contribution < 1.29 is 13.5 Å². The highest BCUT2D eigenvalue weighted by molar-refractivity contribution is 7.89. The van der Waals surface area contributed by atoms with Gasteiger partial charge in [-0.25, -0.2) is 8.42 Å². The van der Waals surface area contributed by atoms with Gasteiger partial charge >= 0.3 is 0 Å². The number of nitrogens with zero attached hydrogens (tertiary/aromatic N) is 2. The zero-order chi connectivity index (χ0) is 18.7. The van der Waals surface area contributed by atoms with E-state index in [0.717, 1.165) is 22.6 Å². The van der Waals surface area contributed by atoms with Crippen molar-refractivity contribution in [2.24, 2.45) is 5.92 Å². The molecule has 0 bridgehead atoms. The Morgan fingerprint density at radius 2 is 2.04 bits per heavy atom. The van der Waals surface area contributed by atoms with Gasteiger partial charge in [0, 0.05) is 43.2 Å². The number of hydrogen-bond donors (Lipinski definition) is 3. The molecule has 1 aliphatic heterocycles. The molecular formula is C18H26N4O3S. The average Bonchev–Trinajstić information content (AvgIpc) is 2.98. The second kappa shape index (κ2) is 7.77. The molecule has 26 heavy (non-hydrogen) atoms. The maximum atomic E-state index is 12.9. The Bertz CT molecular complexity index is 836. The average molecular weight is 378 g/mol. The molecule has 3 rings (SSSR count). The Kier molecular flexibility index (Phi) is 5.64. The van der Waals surface area contributed by atoms with Crippen LogP contribution in [0.1, 0.15) is 29.8 Å². The first kappa shape index (κ1) is 18.9. The van der Waals surface area contributed by atoms with Crippen LogP contribution in [-0.2, 0) is 16.6 Å². The number of H-pyrrole nitrogens is 1. The fourth-order valence-electron chi connectivity index (χ4n) is 3.27. The lowest BCUT2D eigenvalue weighted by molar-refractivity contribution is 0.170. The van der Waals surface area contributed by atoms with E-state index in [-0.39, 0.29) is 12.5 Å². The molecule has 2 heterocycles. The number of nitrogens with one attached hydrogen (secondary N) is 2. The fourth-order valence-corrected chi connectivity index (χ4v) is 4.79. The number of aromatic nitrogens is 2. The van der Waals surface area contributed by atoms with Gasteiger partial charge in [0.2, 0.25) is 10.0 Å². The summed E-state index contributed by atoms with van der Waals surface area (Å²) in [6.45, 7) is 5.53. The smallest absolute Gasteiger partial charge is 0.243 e. The van der Waals surface area contributed by atoms with Crippen molar-refractivity contribution in [3.05, 3.63) is 41.2 Å². The Labute approximate surface area is 154 Å². The molecular weight excluding hydrogens is 352 g/mol. The van der Waals surface area contributed by atoms with Crippen LogP contribution in [0.4, 0.5) is 5.69 Å². The highest BCUT2D eigenvalue weighted by atomic mass is 32.2. The van der Waals surface area contributed by atoms with Gasteiger partial charge in [0.15, 0.2) is 0 Å². The minimum atomic E-state index is -3.51. The molecule has 1 aromatic heterocycles. The van der Waals surface area contributed by atoms with E-state index in [0.29, 0.717) is 37.4 Å². The lowest BCUT2D eigenvalue weighted by Gasteiger charge is -2.30. The third-order valence-corrected chi connectivity index (χ3v) is 6.95. The van der Waals surface area contributed by atoms with Crippen LogP contribution < -0.4 is 5.32 Å². The lowest BCUT2D eigenvalue weighted by Crippen LogP contribution is -2.39. The van der Waals surface area contributed by atoms with Crippen molar-refractivity contribution in [2.75, 3.05) is 25.0 Å². The van der Waals surface area contributed by atoms with Crippen LogP contribution in [0.15, 0.2) is 29.2 Å². The number of sulfonamides is 1. The molecule has 0 spiro atoms. The molecule has 0 unspecified atom stereocenters. The standard InChI is InChI=1S/C18H26N4O3S/c1-13-18(14(2)21-20-13)11-19-16-4-3-5-17(10-16)26(24,25)22-8-6-15(12-23)7-9-22/h3-5,10,15,19,23H,6-9,11-12H2,1-2H3,(H,20,21). The Morgan fingerprint density at radius 3 is 2.65 bits per heavy atom. The summed E-state index contributed by atoms with van der Waals surface area (Å²) in [4.78, 5) is 0.297. The van der Waals surface area contributed by atoms with Crippen LogP contribution in [0.3, 0.4) is 0 Å². The minimum Gasteiger partial charge on any atom is -0.396 e. The van der Waals surface area contributed by atoms with Crippen LogP contribution in [0.5, 0.6) is 0 Å². The lowest BCUT2D eigenvalue weighted by atomic mass is 10.00. The molecule has 1 aliphatic rings. The molecule has 0 aliphatic carbocycles. The number of rotatable bonds is 6. The summed E-state index contributed by atoms with van der Waals surface area (Å²) in [6, 6.07) is 6.93. The number of hydrogen-bond acceptors (Lipinski definition) is 5. The van der Waals surface area contributed by atoms with Gasteiger partial charge in [-0.05, 0) is 50.8 Å². The molecule has 0 radical (unpaired) electrons. The molecule has 3 N–H and O–H groups in total. The van der Waals surface area contributed by atoms with Gasteiger partial charge in [-0.1, -0.05) is 6.07 Å². The first-order valence-electron chi connectivity index (χ1n) is 8.87. The van der Waals surface area contributed by atoms with E-state index in [4.69, 9.17) is 0 Å². The van der Waals surface area contributed by atoms with Crippen molar-refractivity contribution in [2.45, 2.75) is 38.1 Å². The Balaban J connectivity index is 1.72. The van der Waals surface area contributed by atoms with Gasteiger partial charge < -0.3 is 10.4 Å². The molecule has 7 nitrogen and oxygen atoms in total. The van der Waals surface area contributed by atoms with Crippen molar-refractivity contribution in [3.63, 3.8) is 0 Å². The maximum Gasteiger partial charge on any atom is 0.243 e. The van der Waals surface area contributed by atoms with Crippen molar-refractivity contribution >= 4 is 15.7 Å². The van der Waals surface area contributed by atoms with Gasteiger partial charge in [0.05, 0.1) is 10.6 Å². The number of aryl methyl sites for hydroxylation is 2. The highest BCUT2D eigenvalue weighted by Gasteiger charge is 2.29. The summed E-state index contributed by atoms with van der Waals surface area (Å²) in [7, 11) is -3.51. The summed E-state index contributed by atoms with van der Waals surface area (Å²) in [5, 5.41) is 19.6. The molecule has 0 amide bonds. The summed E-state index contributed by atoms with van der Waals surface area (Å²) in [5.74, 6) is 0.205. The molecule has 8 heteroatoms. The molecule has 1 fully saturated rings. The van der Waals surface area contributed by atoms with E-state index < -0.39 is 10.0 Å². The van der Waals surface area contributed by atoms with Crippen LogP contribution in [-0.4, -0.2) is 47.7 Å². The number of piperidine rings is 1. The molecule has 0 atom stereocenters. The largest absolute Gasteiger partial charge is 0.396 e. The summed E-state index contributed by atoms with van der Waals surface area (Å²) in [5.41, 5.74) is 3.79. The van der Waals surface area contributed by atoms with E-state index in [2.05, 4.69) is 15.5 Å². The molecule has 1 aromatic carbocycles. The van der Waals surface area contributed by atoms with Crippen molar-refractivity contribution in [1.82, 2.24) is 14.5 Å². The molecule has 2 aromatic rings. The Morgan fingerprint density at radius 1 is 1.31 bits per heavy atom. The second-order valence-electron chi connectivity index (χ2n) is 6.82. The van der Waals surface area contributed by atoms with Crippen LogP contribution in [0.2, 0.25) is 0 Å². The van der Waals surface area contributed by atoms with Crippen molar-refractivity contribution in [1.29, 1.82) is 0 Å². The van der Waals surface area contributed by atoms with E-state index >= 15 is 0 Å². The first-order chi connectivity index (χ1) is 12.4. The van der Waals surface area contributed by atoms with Gasteiger partial charge in [-0.3, -0.25) is 5.10 Å². The maximum absolute atomic E-state index is 12.9. The fraction of sp³-hybridized carbons (Fsp3) is 0.500. The molecule has 0 saturated carbocycles. The van der Waals surface area contributed by atoms with E-state index in [1.807, 2.05) is 19.9 Å². The topological polar surface area (TPSA) is 98.3 Å². The van der Waals surface area contributed by atoms with Crippen LogP contribution in [0.25, 0.3) is 0 Å². The predicted molar refractivity (Wildman–Crippen MR) is 100 cm³/mol. The number of aliphatic hydroxyl groups excluding tert-OH is 1. The molecule has 142 valence electrons. The number of benzene rings is 1. The normalized spacial score (nSPS) is 16.7. The third kappa shape index (κ3) is 3.92. The number of aromatic amines is 1. The van der Waals surface area contributed by atoms with Gasteiger partial charge in [0.25, 0.3) is 0 Å². The summed E-state index contributed by atoms with van der Waals surface area (Å²) in [6.07, 6.45) is 1.40. The van der Waals surface area contributed by atoms with Crippen molar-refractivity contribution in [3.8, 4) is 0 Å². The van der Waals surface area contributed by atoms with Crippen LogP contribution in [0, 0.1) is 19.8 Å². The molecule has 1 saturated heterocycles. The van der Waals surface area contributed by atoms with E-state index in [1.165, 1.54) is 4.31 Å². The van der Waals surface area contributed by atoms with E-state index in [1.54, 1.807) is 18.2 Å². The quantitative estimate of drug-likeness (QED) is 0.714. The van der Waals surface area contributed by atoms with Crippen LogP contribution >= 0.6 is 0 Å². The zero-order valence-corrected chi connectivity index (χ0v) is 16.0. The summed E-state index contributed by atoms with van der Waals surface area (Å²) < 4.78 is 27.3. The van der Waals surface area contributed by atoms with Gasteiger partial charge in [0.1, 0.15) is 0 Å². The monoisotopic (exact) mass is 378 g/mol. The highest BCUT2D eigenvalue weighted by Crippen LogP contribution is 2.25. The second-order valence-corrected chi connectivity index (χ2v) is 8.76. The SMILES string of the molecule is Cc1n[nH]c(C)c1CNc1cccc(S(=O)(=O)N2CCC(CO)CC2)c1. The first-order valence-corrected chi connectivity index (χ1v) is 10.3. The van der Waals surface area contributed by atoms with Gasteiger partial charge in [-0.15, -0.1) is 0 Å².